The van der Waals surface area contributed by atoms with Crippen LogP contribution in [0.15, 0.2) is 28.7 Å². The smallest absolute Gasteiger partial charge is 0.294 e. The quantitative estimate of drug-likeness (QED) is 0.888. The molecule has 5 nitrogen and oxygen atoms in total. The number of rotatable bonds is 2. The minimum Gasteiger partial charge on any atom is -0.508 e. The van der Waals surface area contributed by atoms with E-state index in [0.29, 0.717) is 18.1 Å². The van der Waals surface area contributed by atoms with Crippen LogP contribution in [0.4, 0.5) is 5.69 Å². The molecule has 3 rings (SSSR count). The average molecular weight is 286 g/mol. The third-order valence-electron chi connectivity index (χ3n) is 3.84. The van der Waals surface area contributed by atoms with Crippen molar-refractivity contribution >= 4 is 11.6 Å². The molecule has 21 heavy (non-hydrogen) atoms. The fourth-order valence-corrected chi connectivity index (χ4v) is 2.80. The molecule has 0 aliphatic carbocycles. The molecule has 0 radical (unpaired) electrons. The molecule has 110 valence electrons. The molecule has 1 aromatic heterocycles. The molecule has 2 heterocycles. The molecule has 2 aromatic rings. The number of hydrogen-bond acceptors (Lipinski definition) is 4. The van der Waals surface area contributed by atoms with Crippen LogP contribution < -0.4 is 10.6 Å². The zero-order chi connectivity index (χ0) is 15.0. The van der Waals surface area contributed by atoms with Crippen molar-refractivity contribution < 1.29 is 14.3 Å². The van der Waals surface area contributed by atoms with E-state index in [1.165, 1.54) is 0 Å². The molecule has 1 aliphatic rings. The van der Waals surface area contributed by atoms with Crippen molar-refractivity contribution in [3.8, 4) is 5.75 Å². The number of anilines is 1. The lowest BCUT2D eigenvalue weighted by molar-refractivity contribution is 0.0956. The maximum atomic E-state index is 12.7. The lowest BCUT2D eigenvalue weighted by atomic mass is 10.00. The third kappa shape index (κ3) is 2.29. The van der Waals surface area contributed by atoms with E-state index in [1.807, 2.05) is 13.0 Å². The minimum atomic E-state index is -0.182. The van der Waals surface area contributed by atoms with Crippen LogP contribution in [-0.2, 0) is 13.0 Å². The maximum Gasteiger partial charge on any atom is 0.294 e. The molecule has 0 saturated carbocycles. The summed E-state index contributed by atoms with van der Waals surface area (Å²) >= 11 is 0. The highest BCUT2D eigenvalue weighted by atomic mass is 16.4. The second-order valence-electron chi connectivity index (χ2n) is 5.26. The second kappa shape index (κ2) is 5.26. The molecular weight excluding hydrogens is 268 g/mol. The van der Waals surface area contributed by atoms with Crippen LogP contribution in [0.2, 0.25) is 0 Å². The number of aromatic hydroxyl groups is 1. The normalized spacial score (nSPS) is 14.1. The molecule has 1 aromatic carbocycles. The summed E-state index contributed by atoms with van der Waals surface area (Å²) in [6.07, 6.45) is 1.59. The Labute approximate surface area is 123 Å². The number of nitrogens with two attached hydrogens (primary N) is 1. The van der Waals surface area contributed by atoms with Crippen LogP contribution in [0, 0.1) is 6.92 Å². The lowest BCUT2D eigenvalue weighted by Crippen LogP contribution is -2.35. The summed E-state index contributed by atoms with van der Waals surface area (Å²) in [6, 6.07) is 7.05. The number of benzene rings is 1. The first-order chi connectivity index (χ1) is 10.1. The van der Waals surface area contributed by atoms with Crippen LogP contribution in [0.25, 0.3) is 0 Å². The van der Waals surface area contributed by atoms with Crippen molar-refractivity contribution in [2.24, 2.45) is 5.73 Å². The highest BCUT2D eigenvalue weighted by Gasteiger charge is 2.28. The van der Waals surface area contributed by atoms with Crippen molar-refractivity contribution in [1.29, 1.82) is 0 Å². The average Bonchev–Trinajstić information content (AvgIpc) is 2.88. The zero-order valence-corrected chi connectivity index (χ0v) is 11.9. The van der Waals surface area contributed by atoms with E-state index in [1.54, 1.807) is 23.1 Å². The number of fused-ring (bicyclic) bond motifs is 1. The maximum absolute atomic E-state index is 12.7. The number of amides is 1. The minimum absolute atomic E-state index is 0.182. The van der Waals surface area contributed by atoms with Crippen molar-refractivity contribution in [1.82, 2.24) is 0 Å². The molecule has 0 bridgehead atoms. The van der Waals surface area contributed by atoms with Gasteiger partial charge in [-0.15, -0.1) is 0 Å². The molecule has 5 heteroatoms. The summed E-state index contributed by atoms with van der Waals surface area (Å²) in [5.41, 5.74) is 7.92. The standard InChI is InChI=1S/C16H18N2O3/c1-10-8-11(9-17)21-15(10)16(20)18-7-3-4-12-13(18)5-2-6-14(12)19/h2,5-6,8,19H,3-4,7,9,17H2,1H3. The van der Waals surface area contributed by atoms with E-state index in [4.69, 9.17) is 10.2 Å². The summed E-state index contributed by atoms with van der Waals surface area (Å²) in [5.74, 6) is 0.984. The number of hydrogen-bond donors (Lipinski definition) is 2. The Balaban J connectivity index is 2.00. The van der Waals surface area contributed by atoms with Gasteiger partial charge in [0.2, 0.25) is 0 Å². The summed E-state index contributed by atoms with van der Waals surface area (Å²) in [6.45, 7) is 2.72. The van der Waals surface area contributed by atoms with Gasteiger partial charge in [-0.3, -0.25) is 4.79 Å². The van der Waals surface area contributed by atoms with E-state index in [2.05, 4.69) is 0 Å². The molecule has 0 atom stereocenters. The van der Waals surface area contributed by atoms with E-state index >= 15 is 0 Å². The van der Waals surface area contributed by atoms with Crippen LogP contribution in [-0.4, -0.2) is 17.6 Å². The number of phenolic OH excluding ortho intramolecular Hbond substituents is 1. The van der Waals surface area contributed by atoms with Crippen molar-refractivity contribution in [2.45, 2.75) is 26.3 Å². The molecule has 0 unspecified atom stereocenters. The predicted octanol–water partition coefficient (Wildman–Crippen LogP) is 2.35. The largest absolute Gasteiger partial charge is 0.508 e. The highest BCUT2D eigenvalue weighted by Crippen LogP contribution is 2.34. The Bertz CT molecular complexity index is 691. The van der Waals surface area contributed by atoms with Crippen LogP contribution in [0.1, 0.15) is 33.9 Å². The number of carbonyl (C=O) groups excluding carboxylic acids is 1. The second-order valence-corrected chi connectivity index (χ2v) is 5.26. The molecular formula is C16H18N2O3. The summed E-state index contributed by atoms with van der Waals surface area (Å²) in [4.78, 5) is 14.4. The van der Waals surface area contributed by atoms with Gasteiger partial charge in [-0.05, 0) is 38.0 Å². The monoisotopic (exact) mass is 286 g/mol. The van der Waals surface area contributed by atoms with Crippen molar-refractivity contribution in [3.05, 3.63) is 46.9 Å². The van der Waals surface area contributed by atoms with E-state index in [0.717, 1.165) is 29.7 Å². The van der Waals surface area contributed by atoms with Crippen molar-refractivity contribution in [2.75, 3.05) is 11.4 Å². The van der Waals surface area contributed by atoms with E-state index in [-0.39, 0.29) is 18.2 Å². The highest BCUT2D eigenvalue weighted by molar-refractivity contribution is 6.06. The summed E-state index contributed by atoms with van der Waals surface area (Å²) in [7, 11) is 0. The molecule has 3 N–H and O–H groups in total. The van der Waals surface area contributed by atoms with Crippen LogP contribution >= 0.6 is 0 Å². The van der Waals surface area contributed by atoms with Gasteiger partial charge in [-0.25, -0.2) is 0 Å². The fraction of sp³-hybridized carbons (Fsp3) is 0.312. The fourth-order valence-electron chi connectivity index (χ4n) is 2.80. The molecule has 0 fully saturated rings. The first-order valence-corrected chi connectivity index (χ1v) is 7.04. The van der Waals surface area contributed by atoms with Crippen LogP contribution in [0.3, 0.4) is 0 Å². The van der Waals surface area contributed by atoms with Gasteiger partial charge < -0.3 is 20.2 Å². The number of nitrogens with zero attached hydrogens (tertiary/aromatic N) is 1. The van der Waals surface area contributed by atoms with Crippen LogP contribution in [0.5, 0.6) is 5.75 Å². The summed E-state index contributed by atoms with van der Waals surface area (Å²) in [5, 5.41) is 9.95. The molecule has 1 amide bonds. The Morgan fingerprint density at radius 3 is 3.00 bits per heavy atom. The molecule has 0 spiro atoms. The first kappa shape index (κ1) is 13.7. The Morgan fingerprint density at radius 1 is 1.48 bits per heavy atom. The third-order valence-corrected chi connectivity index (χ3v) is 3.84. The van der Waals surface area contributed by atoms with Gasteiger partial charge >= 0.3 is 0 Å². The Morgan fingerprint density at radius 2 is 2.29 bits per heavy atom. The number of aryl methyl sites for hydroxylation is 1. The van der Waals surface area contributed by atoms with Gasteiger partial charge in [0.25, 0.3) is 5.91 Å². The number of carbonyl (C=O) groups is 1. The van der Waals surface area contributed by atoms with Gasteiger partial charge in [0.05, 0.1) is 12.2 Å². The van der Waals surface area contributed by atoms with Gasteiger partial charge in [0.1, 0.15) is 11.5 Å². The topological polar surface area (TPSA) is 79.7 Å². The number of furan rings is 1. The van der Waals surface area contributed by atoms with Gasteiger partial charge in [-0.2, -0.15) is 0 Å². The van der Waals surface area contributed by atoms with E-state index < -0.39 is 0 Å². The molecule has 0 saturated heterocycles. The first-order valence-electron chi connectivity index (χ1n) is 7.04. The zero-order valence-electron chi connectivity index (χ0n) is 11.9. The summed E-state index contributed by atoms with van der Waals surface area (Å²) < 4.78 is 5.55. The van der Waals surface area contributed by atoms with Gasteiger partial charge in [0.15, 0.2) is 5.76 Å². The molecule has 1 aliphatic heterocycles. The lowest BCUT2D eigenvalue weighted by Gasteiger charge is -2.29. The number of phenols is 1. The van der Waals surface area contributed by atoms with Gasteiger partial charge in [0, 0.05) is 17.7 Å². The SMILES string of the molecule is Cc1cc(CN)oc1C(=O)N1CCCc2c(O)cccc21. The Hall–Kier alpha value is -2.27. The Kier molecular flexibility index (Phi) is 3.43. The van der Waals surface area contributed by atoms with Crippen molar-refractivity contribution in [3.63, 3.8) is 0 Å². The van der Waals surface area contributed by atoms with Gasteiger partial charge in [-0.1, -0.05) is 6.07 Å². The van der Waals surface area contributed by atoms with E-state index in [9.17, 15) is 9.90 Å². The predicted molar refractivity (Wildman–Crippen MR) is 79.4 cm³/mol.